The number of nitrogens with zero attached hydrogens (tertiary/aromatic N) is 1. The van der Waals surface area contributed by atoms with Crippen molar-refractivity contribution in [3.05, 3.63) is 0 Å². The molecule has 0 saturated heterocycles. The van der Waals surface area contributed by atoms with Gasteiger partial charge in [-0.15, -0.1) is 0 Å². The highest BCUT2D eigenvalue weighted by Crippen LogP contribution is 2.40. The zero-order valence-electron chi connectivity index (χ0n) is 13.8. The summed E-state index contributed by atoms with van der Waals surface area (Å²) in [6.45, 7) is 10.4. The Hall–Kier alpha value is -0.610. The van der Waals surface area contributed by atoms with Crippen LogP contribution in [0.3, 0.4) is 0 Å². The minimum Gasteiger partial charge on any atom is -0.480 e. The first-order valence-electron chi connectivity index (χ1n) is 8.07. The van der Waals surface area contributed by atoms with Crippen LogP contribution < -0.4 is 5.32 Å². The van der Waals surface area contributed by atoms with Crippen LogP contribution in [0.2, 0.25) is 0 Å². The van der Waals surface area contributed by atoms with Crippen molar-refractivity contribution in [2.45, 2.75) is 65.0 Å². The number of rotatable bonds is 10. The SMILES string of the molecule is CCC(CC)N(CC(C)C)CC(NC)(C(=O)O)C1CC1. The third-order valence-corrected chi connectivity index (χ3v) is 4.61. The van der Waals surface area contributed by atoms with E-state index in [-0.39, 0.29) is 5.92 Å². The molecular weight excluding hydrogens is 252 g/mol. The van der Waals surface area contributed by atoms with Gasteiger partial charge in [0.2, 0.25) is 0 Å². The van der Waals surface area contributed by atoms with Gasteiger partial charge < -0.3 is 10.4 Å². The zero-order valence-corrected chi connectivity index (χ0v) is 13.8. The van der Waals surface area contributed by atoms with Gasteiger partial charge in [0, 0.05) is 19.1 Å². The van der Waals surface area contributed by atoms with Gasteiger partial charge in [0.05, 0.1) is 0 Å². The molecule has 2 N–H and O–H groups in total. The molecule has 0 aromatic rings. The minimum absolute atomic E-state index is 0.286. The van der Waals surface area contributed by atoms with Gasteiger partial charge in [-0.3, -0.25) is 9.69 Å². The van der Waals surface area contributed by atoms with Crippen LogP contribution in [0, 0.1) is 11.8 Å². The molecule has 20 heavy (non-hydrogen) atoms. The smallest absolute Gasteiger partial charge is 0.325 e. The normalized spacial score (nSPS) is 18.8. The van der Waals surface area contributed by atoms with Crippen LogP contribution >= 0.6 is 0 Å². The number of hydrogen-bond acceptors (Lipinski definition) is 3. The molecule has 0 aromatic heterocycles. The molecule has 0 radical (unpaired) electrons. The maximum atomic E-state index is 11.9. The third kappa shape index (κ3) is 3.95. The molecule has 4 nitrogen and oxygen atoms in total. The zero-order chi connectivity index (χ0) is 15.3. The van der Waals surface area contributed by atoms with Gasteiger partial charge in [0.15, 0.2) is 0 Å². The Balaban J connectivity index is 2.91. The lowest BCUT2D eigenvalue weighted by atomic mass is 9.91. The van der Waals surface area contributed by atoms with Crippen LogP contribution in [0.25, 0.3) is 0 Å². The highest BCUT2D eigenvalue weighted by Gasteiger charge is 2.51. The van der Waals surface area contributed by atoms with E-state index in [1.807, 2.05) is 0 Å². The maximum absolute atomic E-state index is 11.9. The summed E-state index contributed by atoms with van der Waals surface area (Å²) in [4.78, 5) is 14.3. The maximum Gasteiger partial charge on any atom is 0.325 e. The Morgan fingerprint density at radius 2 is 1.90 bits per heavy atom. The molecule has 0 aromatic carbocycles. The lowest BCUT2D eigenvalue weighted by Gasteiger charge is -2.39. The van der Waals surface area contributed by atoms with E-state index < -0.39 is 11.5 Å². The first kappa shape index (κ1) is 17.4. The molecule has 0 heterocycles. The molecule has 0 spiro atoms. The van der Waals surface area contributed by atoms with Crippen molar-refractivity contribution < 1.29 is 9.90 Å². The van der Waals surface area contributed by atoms with Crippen LogP contribution in [-0.2, 0) is 4.79 Å². The number of carboxylic acids is 1. The number of hydrogen-bond donors (Lipinski definition) is 2. The highest BCUT2D eigenvalue weighted by atomic mass is 16.4. The summed E-state index contributed by atoms with van der Waals surface area (Å²) in [6.07, 6.45) is 4.22. The van der Waals surface area contributed by atoms with E-state index in [1.165, 1.54) is 0 Å². The van der Waals surface area contributed by atoms with E-state index in [0.29, 0.717) is 18.5 Å². The Bertz CT molecular complexity index is 312. The number of likely N-dealkylation sites (N-methyl/N-ethyl adjacent to an activating group) is 1. The van der Waals surface area contributed by atoms with Crippen LogP contribution in [-0.4, -0.2) is 47.7 Å². The second-order valence-corrected chi connectivity index (χ2v) is 6.59. The van der Waals surface area contributed by atoms with Gasteiger partial charge in [0.1, 0.15) is 5.54 Å². The predicted molar refractivity (Wildman–Crippen MR) is 82.9 cm³/mol. The second kappa shape index (κ2) is 7.41. The van der Waals surface area contributed by atoms with Crippen molar-refractivity contribution in [1.29, 1.82) is 0 Å². The average Bonchev–Trinajstić information content (AvgIpc) is 3.20. The Morgan fingerprint density at radius 1 is 1.35 bits per heavy atom. The van der Waals surface area contributed by atoms with Gasteiger partial charge in [-0.05, 0) is 44.6 Å². The third-order valence-electron chi connectivity index (χ3n) is 4.61. The van der Waals surface area contributed by atoms with Crippen molar-refractivity contribution in [3.8, 4) is 0 Å². The average molecular weight is 284 g/mol. The lowest BCUT2D eigenvalue weighted by Crippen LogP contribution is -2.61. The fourth-order valence-electron chi connectivity index (χ4n) is 3.27. The molecule has 0 bridgehead atoms. The van der Waals surface area contributed by atoms with E-state index >= 15 is 0 Å². The van der Waals surface area contributed by atoms with Gasteiger partial charge in [-0.1, -0.05) is 27.7 Å². The van der Waals surface area contributed by atoms with Gasteiger partial charge in [-0.2, -0.15) is 0 Å². The van der Waals surface area contributed by atoms with E-state index in [4.69, 9.17) is 0 Å². The molecule has 0 aliphatic heterocycles. The van der Waals surface area contributed by atoms with Crippen molar-refractivity contribution in [2.75, 3.05) is 20.1 Å². The first-order valence-corrected chi connectivity index (χ1v) is 8.07. The molecule has 1 saturated carbocycles. The van der Waals surface area contributed by atoms with Crippen LogP contribution in [0.15, 0.2) is 0 Å². The number of aliphatic carboxylic acids is 1. The summed E-state index contributed by atoms with van der Waals surface area (Å²) in [6, 6.07) is 0.475. The van der Waals surface area contributed by atoms with Crippen molar-refractivity contribution in [1.82, 2.24) is 10.2 Å². The molecule has 1 unspecified atom stereocenters. The number of carboxylic acid groups (broad SMARTS) is 1. The predicted octanol–water partition coefficient (Wildman–Crippen LogP) is 2.59. The summed E-state index contributed by atoms with van der Waals surface area (Å²) in [7, 11) is 1.80. The standard InChI is InChI=1S/C16H32N2O2/c1-6-14(7-2)18(10-12(3)4)11-16(17-5,15(19)20)13-8-9-13/h12-14,17H,6-11H2,1-5H3,(H,19,20). The number of carbonyl (C=O) groups is 1. The summed E-state index contributed by atoms with van der Waals surface area (Å²) >= 11 is 0. The lowest BCUT2D eigenvalue weighted by molar-refractivity contribution is -0.147. The fourth-order valence-corrected chi connectivity index (χ4v) is 3.27. The first-order chi connectivity index (χ1) is 9.41. The highest BCUT2D eigenvalue weighted by molar-refractivity contribution is 5.80. The number of nitrogens with one attached hydrogen (secondary N) is 1. The summed E-state index contributed by atoms with van der Waals surface area (Å²) < 4.78 is 0. The molecular formula is C16H32N2O2. The minimum atomic E-state index is -0.766. The van der Waals surface area contributed by atoms with E-state index in [0.717, 1.165) is 32.2 Å². The molecule has 1 atom stereocenters. The second-order valence-electron chi connectivity index (χ2n) is 6.59. The topological polar surface area (TPSA) is 52.6 Å². The Morgan fingerprint density at radius 3 is 2.20 bits per heavy atom. The summed E-state index contributed by atoms with van der Waals surface area (Å²) in [5.41, 5.74) is -0.766. The van der Waals surface area contributed by atoms with Gasteiger partial charge >= 0.3 is 5.97 Å². The molecule has 1 rings (SSSR count). The van der Waals surface area contributed by atoms with Crippen molar-refractivity contribution in [3.63, 3.8) is 0 Å². The Labute approximate surface area is 123 Å². The molecule has 118 valence electrons. The largest absolute Gasteiger partial charge is 0.480 e. The van der Waals surface area contributed by atoms with Crippen molar-refractivity contribution >= 4 is 5.97 Å². The van der Waals surface area contributed by atoms with Crippen LogP contribution in [0.1, 0.15) is 53.4 Å². The summed E-state index contributed by atoms with van der Waals surface area (Å²) in [5.74, 6) is 0.148. The van der Waals surface area contributed by atoms with E-state index in [2.05, 4.69) is 37.9 Å². The van der Waals surface area contributed by atoms with Crippen molar-refractivity contribution in [2.24, 2.45) is 11.8 Å². The molecule has 4 heteroatoms. The quantitative estimate of drug-likeness (QED) is 0.647. The van der Waals surface area contributed by atoms with E-state index in [9.17, 15) is 9.90 Å². The van der Waals surface area contributed by atoms with Gasteiger partial charge in [0.25, 0.3) is 0 Å². The Kier molecular flexibility index (Phi) is 6.46. The molecule has 1 aliphatic rings. The van der Waals surface area contributed by atoms with Crippen LogP contribution in [0.4, 0.5) is 0 Å². The molecule has 1 aliphatic carbocycles. The van der Waals surface area contributed by atoms with Crippen LogP contribution in [0.5, 0.6) is 0 Å². The molecule has 0 amide bonds. The van der Waals surface area contributed by atoms with E-state index in [1.54, 1.807) is 7.05 Å². The van der Waals surface area contributed by atoms with Gasteiger partial charge in [-0.25, -0.2) is 0 Å². The monoisotopic (exact) mass is 284 g/mol. The summed E-state index contributed by atoms with van der Waals surface area (Å²) in [5, 5.41) is 12.9. The fraction of sp³-hybridized carbons (Fsp3) is 0.938. The molecule has 1 fully saturated rings.